The molecule has 1 aromatic rings. The largest absolute Gasteiger partial charge is 0.459 e. The van der Waals surface area contributed by atoms with Crippen LogP contribution >= 0.6 is 15.9 Å². The van der Waals surface area contributed by atoms with Crippen molar-refractivity contribution >= 4 is 27.9 Å². The molecule has 6 heteroatoms. The molecule has 0 saturated heterocycles. The molecule has 5 nitrogen and oxygen atoms in total. The molecule has 0 radical (unpaired) electrons. The number of hydrogen-bond donors (Lipinski definition) is 2. The van der Waals surface area contributed by atoms with Crippen LogP contribution in [0, 0.1) is 0 Å². The Morgan fingerprint density at radius 3 is 2.54 bits per heavy atom. The molecule has 1 unspecified atom stereocenters. The summed E-state index contributed by atoms with van der Waals surface area (Å²) in [7, 11) is 0. The molecule has 2 amide bonds. The van der Waals surface area contributed by atoms with E-state index in [0.29, 0.717) is 11.3 Å². The number of nitrogens with one attached hydrogen (secondary N) is 2. The molecule has 2 N–H and O–H groups in total. The number of halogens is 1. The Morgan fingerprint density at radius 2 is 1.85 bits per heavy atom. The summed E-state index contributed by atoms with van der Waals surface area (Å²) in [5.74, 6) is -0.342. The van der Waals surface area contributed by atoms with Crippen molar-refractivity contribution < 1.29 is 14.3 Å². The summed E-state index contributed by atoms with van der Waals surface area (Å²) < 4.78 is 6.75. The van der Waals surface area contributed by atoms with Gasteiger partial charge in [0.15, 0.2) is 0 Å². The Labute approximate surface area is 162 Å². The van der Waals surface area contributed by atoms with Crippen molar-refractivity contribution in [3.63, 3.8) is 0 Å². The smallest absolute Gasteiger partial charge is 0.338 e. The van der Waals surface area contributed by atoms with Gasteiger partial charge in [-0.2, -0.15) is 0 Å². The molecular weight excluding hydrogens is 396 g/mol. The fourth-order valence-corrected chi connectivity index (χ4v) is 4.07. The lowest BCUT2D eigenvalue weighted by atomic mass is 9.95. The number of rotatable bonds is 3. The van der Waals surface area contributed by atoms with E-state index in [1.165, 1.54) is 19.3 Å². The van der Waals surface area contributed by atoms with Gasteiger partial charge in [-0.15, -0.1) is 0 Å². The van der Waals surface area contributed by atoms with Crippen LogP contribution in [0.1, 0.15) is 63.5 Å². The van der Waals surface area contributed by atoms with Gasteiger partial charge in [0.25, 0.3) is 0 Å². The third-order valence-electron chi connectivity index (χ3n) is 5.00. The molecule has 1 aromatic carbocycles. The number of amides is 2. The van der Waals surface area contributed by atoms with Gasteiger partial charge in [0.2, 0.25) is 0 Å². The second kappa shape index (κ2) is 8.71. The van der Waals surface area contributed by atoms with Gasteiger partial charge in [-0.1, -0.05) is 47.3 Å². The number of carbonyl (C=O) groups excluding carboxylic acids is 2. The van der Waals surface area contributed by atoms with Crippen molar-refractivity contribution in [1.82, 2.24) is 10.6 Å². The summed E-state index contributed by atoms with van der Waals surface area (Å²) in [4.78, 5) is 24.9. The van der Waals surface area contributed by atoms with Gasteiger partial charge >= 0.3 is 12.0 Å². The summed E-state index contributed by atoms with van der Waals surface area (Å²) in [6.07, 6.45) is 7.66. The molecule has 2 aliphatic rings. The second-order valence-electron chi connectivity index (χ2n) is 7.00. The molecule has 3 rings (SSSR count). The quantitative estimate of drug-likeness (QED) is 0.694. The monoisotopic (exact) mass is 420 g/mol. The van der Waals surface area contributed by atoms with Crippen LogP contribution < -0.4 is 10.6 Å². The molecule has 1 saturated carbocycles. The zero-order valence-electron chi connectivity index (χ0n) is 15.0. The maximum Gasteiger partial charge on any atom is 0.338 e. The Balaban J connectivity index is 1.82. The Bertz CT molecular complexity index is 709. The van der Waals surface area contributed by atoms with Gasteiger partial charge in [0.1, 0.15) is 6.10 Å². The molecule has 0 aromatic heterocycles. The highest BCUT2D eigenvalue weighted by molar-refractivity contribution is 9.10. The number of carbonyl (C=O) groups is 2. The first-order valence-corrected chi connectivity index (χ1v) is 10.1. The van der Waals surface area contributed by atoms with Crippen molar-refractivity contribution in [3.05, 3.63) is 45.6 Å². The van der Waals surface area contributed by atoms with Crippen LogP contribution in [-0.4, -0.2) is 18.1 Å². The molecule has 1 atom stereocenters. The maximum absolute atomic E-state index is 13.0. The van der Waals surface area contributed by atoms with Crippen LogP contribution in [-0.2, 0) is 9.53 Å². The molecular formula is C20H25BrN2O3. The topological polar surface area (TPSA) is 67.4 Å². The van der Waals surface area contributed by atoms with Crippen molar-refractivity contribution in [3.8, 4) is 0 Å². The third-order valence-corrected chi connectivity index (χ3v) is 5.49. The molecule has 0 spiro atoms. The minimum atomic E-state index is -0.512. The summed E-state index contributed by atoms with van der Waals surface area (Å²) in [5, 5.41) is 5.55. The van der Waals surface area contributed by atoms with E-state index in [-0.39, 0.29) is 18.1 Å². The van der Waals surface area contributed by atoms with Gasteiger partial charge < -0.3 is 15.4 Å². The number of hydrogen-bond acceptors (Lipinski definition) is 3. The van der Waals surface area contributed by atoms with E-state index in [2.05, 4.69) is 26.6 Å². The molecule has 140 valence electrons. The predicted octanol–water partition coefficient (Wildman–Crippen LogP) is 4.73. The Kier molecular flexibility index (Phi) is 6.35. The van der Waals surface area contributed by atoms with E-state index in [4.69, 9.17) is 4.74 Å². The predicted molar refractivity (Wildman–Crippen MR) is 103 cm³/mol. The first kappa shape index (κ1) is 19.0. The number of benzene rings is 1. The lowest BCUT2D eigenvalue weighted by Crippen LogP contribution is -2.45. The highest BCUT2D eigenvalue weighted by atomic mass is 79.9. The second-order valence-corrected chi connectivity index (χ2v) is 7.91. The van der Waals surface area contributed by atoms with E-state index in [9.17, 15) is 9.59 Å². The number of esters is 1. The summed E-state index contributed by atoms with van der Waals surface area (Å²) >= 11 is 3.45. The first-order valence-electron chi connectivity index (χ1n) is 9.29. The number of allylic oxidation sites excluding steroid dienone is 1. The number of urea groups is 1. The molecule has 1 aliphatic heterocycles. The van der Waals surface area contributed by atoms with E-state index in [0.717, 1.165) is 35.7 Å². The van der Waals surface area contributed by atoms with E-state index < -0.39 is 6.04 Å². The van der Waals surface area contributed by atoms with Gasteiger partial charge in [-0.3, -0.25) is 0 Å². The normalized spacial score (nSPS) is 22.1. The fourth-order valence-electron chi connectivity index (χ4n) is 3.65. The third kappa shape index (κ3) is 4.67. The summed E-state index contributed by atoms with van der Waals surface area (Å²) in [6, 6.07) is 6.79. The minimum Gasteiger partial charge on any atom is -0.459 e. The first-order chi connectivity index (χ1) is 12.5. The van der Waals surface area contributed by atoms with Gasteiger partial charge in [-0.05, 0) is 50.3 Å². The van der Waals surface area contributed by atoms with Crippen molar-refractivity contribution in [2.24, 2.45) is 0 Å². The SMILES string of the molecule is CC1=C(C(=O)OC2CCCCCCC2)C(c2cccc(Br)c2)NC(=O)N1. The van der Waals surface area contributed by atoms with Crippen molar-refractivity contribution in [1.29, 1.82) is 0 Å². The Hall–Kier alpha value is -1.82. The lowest BCUT2D eigenvalue weighted by molar-refractivity contribution is -0.145. The van der Waals surface area contributed by atoms with E-state index >= 15 is 0 Å². The standard InChI is InChI=1S/C20H25BrN2O3/c1-13-17(19(24)26-16-10-5-3-2-4-6-11-16)18(23-20(25)22-13)14-8-7-9-15(21)12-14/h7-9,12,16,18H,2-6,10-11H2,1H3,(H2,22,23,25). The minimum absolute atomic E-state index is 0.0381. The van der Waals surface area contributed by atoms with Gasteiger partial charge in [0, 0.05) is 10.2 Å². The molecule has 0 bridgehead atoms. The zero-order valence-corrected chi connectivity index (χ0v) is 16.6. The zero-order chi connectivity index (χ0) is 18.5. The van der Waals surface area contributed by atoms with Crippen LogP contribution in [0.15, 0.2) is 40.0 Å². The molecule has 1 aliphatic carbocycles. The maximum atomic E-state index is 13.0. The summed E-state index contributed by atoms with van der Waals surface area (Å²) in [6.45, 7) is 1.75. The van der Waals surface area contributed by atoms with Crippen LogP contribution in [0.5, 0.6) is 0 Å². The molecule has 1 fully saturated rings. The van der Waals surface area contributed by atoms with Crippen LogP contribution in [0.25, 0.3) is 0 Å². The van der Waals surface area contributed by atoms with Gasteiger partial charge in [-0.25, -0.2) is 9.59 Å². The summed E-state index contributed by atoms with van der Waals surface area (Å²) in [5.41, 5.74) is 1.87. The highest BCUT2D eigenvalue weighted by Gasteiger charge is 2.33. The molecule has 26 heavy (non-hydrogen) atoms. The highest BCUT2D eigenvalue weighted by Crippen LogP contribution is 2.30. The van der Waals surface area contributed by atoms with Gasteiger partial charge in [0.05, 0.1) is 11.6 Å². The fraction of sp³-hybridized carbons (Fsp3) is 0.500. The Morgan fingerprint density at radius 1 is 1.15 bits per heavy atom. The van der Waals surface area contributed by atoms with Crippen LogP contribution in [0.2, 0.25) is 0 Å². The van der Waals surface area contributed by atoms with E-state index in [1.807, 2.05) is 24.3 Å². The number of ether oxygens (including phenoxy) is 1. The van der Waals surface area contributed by atoms with Crippen LogP contribution in [0.3, 0.4) is 0 Å². The molecule has 1 heterocycles. The average Bonchev–Trinajstić information content (AvgIpc) is 2.56. The van der Waals surface area contributed by atoms with Crippen LogP contribution in [0.4, 0.5) is 4.79 Å². The van der Waals surface area contributed by atoms with Crippen molar-refractivity contribution in [2.45, 2.75) is 64.0 Å². The van der Waals surface area contributed by atoms with Crippen molar-refractivity contribution in [2.75, 3.05) is 0 Å². The average molecular weight is 421 g/mol. The lowest BCUT2D eigenvalue weighted by Gasteiger charge is -2.29. The van der Waals surface area contributed by atoms with E-state index in [1.54, 1.807) is 6.92 Å².